The molecule has 0 bridgehead atoms. The Labute approximate surface area is 47.1 Å². The van der Waals surface area contributed by atoms with E-state index < -0.39 is 5.91 Å². The molecular weight excluding hydrogens is 106 g/mol. The Bertz CT molecular complexity index is 118. The van der Waals surface area contributed by atoms with Crippen LogP contribution in [0.1, 0.15) is 12.8 Å². The van der Waals surface area contributed by atoms with Gasteiger partial charge in [-0.2, -0.15) is 0 Å². The summed E-state index contributed by atoms with van der Waals surface area (Å²) in [5.74, 6) is -0.493. The van der Waals surface area contributed by atoms with Gasteiger partial charge in [-0.15, -0.1) is 0 Å². The van der Waals surface area contributed by atoms with E-state index in [0.717, 1.165) is 12.8 Å². The molecule has 1 rings (SSSR count). The molecule has 1 amide bonds. The first-order valence-corrected chi connectivity index (χ1v) is 2.58. The summed E-state index contributed by atoms with van der Waals surface area (Å²) in [7, 11) is 0. The average Bonchev–Trinajstić information content (AvgIpc) is 2.50. The molecule has 1 aliphatic rings. The molecule has 0 unspecified atom stereocenters. The molecule has 0 saturated heterocycles. The van der Waals surface area contributed by atoms with Crippen LogP contribution in [-0.4, -0.2) is 18.2 Å². The third kappa shape index (κ3) is 1.33. The van der Waals surface area contributed by atoms with Crippen LogP contribution in [0.2, 0.25) is 0 Å². The molecule has 8 heavy (non-hydrogen) atoms. The topological polar surface area (TPSA) is 46.2 Å². The largest absolute Gasteiger partial charge is 0.347 e. The fourth-order valence-corrected chi connectivity index (χ4v) is 0.463. The summed E-state index contributed by atoms with van der Waals surface area (Å²) in [6, 6.07) is 0.299. The Kier molecular flexibility index (Phi) is 1.28. The van der Waals surface area contributed by atoms with E-state index in [1.807, 2.05) is 0 Å². The van der Waals surface area contributed by atoms with E-state index in [4.69, 9.17) is 0 Å². The lowest BCUT2D eigenvalue weighted by atomic mass is 10.6. The minimum Gasteiger partial charge on any atom is -0.347 e. The molecule has 1 N–H and O–H groups in total. The van der Waals surface area contributed by atoms with E-state index in [1.54, 1.807) is 0 Å². The first-order valence-electron chi connectivity index (χ1n) is 2.58. The van der Waals surface area contributed by atoms with Crippen LogP contribution >= 0.6 is 0 Å². The van der Waals surface area contributed by atoms with Crippen LogP contribution in [-0.2, 0) is 9.59 Å². The Morgan fingerprint density at radius 1 is 1.62 bits per heavy atom. The lowest BCUT2D eigenvalue weighted by Crippen LogP contribution is -2.25. The summed E-state index contributed by atoms with van der Waals surface area (Å²) in [5, 5.41) is 2.50. The van der Waals surface area contributed by atoms with Gasteiger partial charge in [0, 0.05) is 6.04 Å². The molecule has 0 aromatic heterocycles. The van der Waals surface area contributed by atoms with E-state index in [9.17, 15) is 9.59 Å². The number of carbonyl (C=O) groups excluding carboxylic acids is 2. The smallest absolute Gasteiger partial charge is 0.284 e. The molecule has 1 aliphatic carbocycles. The van der Waals surface area contributed by atoms with Crippen LogP contribution in [0.3, 0.4) is 0 Å². The van der Waals surface area contributed by atoms with Crippen molar-refractivity contribution in [1.82, 2.24) is 5.32 Å². The minimum atomic E-state index is -0.493. The summed E-state index contributed by atoms with van der Waals surface area (Å²) < 4.78 is 0. The highest BCUT2D eigenvalue weighted by molar-refractivity contribution is 6.23. The predicted octanol–water partition coefficient (Wildman–Crippen LogP) is -0.536. The Morgan fingerprint density at radius 3 is 2.62 bits per heavy atom. The zero-order valence-electron chi connectivity index (χ0n) is 4.39. The third-order valence-electron chi connectivity index (χ3n) is 1.03. The molecule has 0 heterocycles. The van der Waals surface area contributed by atoms with Crippen molar-refractivity contribution in [1.29, 1.82) is 0 Å². The predicted molar refractivity (Wildman–Crippen MR) is 27.2 cm³/mol. The summed E-state index contributed by atoms with van der Waals surface area (Å²) >= 11 is 0. The fourth-order valence-electron chi connectivity index (χ4n) is 0.463. The molecule has 1 fully saturated rings. The number of rotatable bonds is 2. The zero-order valence-corrected chi connectivity index (χ0v) is 4.39. The van der Waals surface area contributed by atoms with E-state index in [2.05, 4.69) is 5.32 Å². The normalized spacial score (nSPS) is 17.5. The second-order valence-electron chi connectivity index (χ2n) is 1.90. The second-order valence-corrected chi connectivity index (χ2v) is 1.90. The van der Waals surface area contributed by atoms with E-state index in [1.165, 1.54) is 0 Å². The van der Waals surface area contributed by atoms with Gasteiger partial charge in [-0.05, 0) is 12.8 Å². The van der Waals surface area contributed by atoms with Crippen molar-refractivity contribution in [2.24, 2.45) is 0 Å². The van der Waals surface area contributed by atoms with Crippen LogP contribution < -0.4 is 5.32 Å². The minimum absolute atomic E-state index is 0.299. The molecule has 3 nitrogen and oxygen atoms in total. The van der Waals surface area contributed by atoms with Crippen LogP contribution in [0.25, 0.3) is 0 Å². The molecule has 0 atom stereocenters. The maximum atomic E-state index is 10.2. The van der Waals surface area contributed by atoms with Gasteiger partial charge in [0.25, 0.3) is 5.91 Å². The van der Waals surface area contributed by atoms with Gasteiger partial charge in [0.1, 0.15) is 0 Å². The number of amides is 1. The highest BCUT2D eigenvalue weighted by atomic mass is 16.2. The lowest BCUT2D eigenvalue weighted by Gasteiger charge is -1.90. The Morgan fingerprint density at radius 2 is 2.25 bits per heavy atom. The number of nitrogens with one attached hydrogen (secondary N) is 1. The summed E-state index contributed by atoms with van der Waals surface area (Å²) in [5.41, 5.74) is 0. The summed E-state index contributed by atoms with van der Waals surface area (Å²) in [6.07, 6.45) is 2.36. The molecule has 0 aromatic rings. The van der Waals surface area contributed by atoms with Crippen molar-refractivity contribution in [3.63, 3.8) is 0 Å². The van der Waals surface area contributed by atoms with Gasteiger partial charge in [-0.1, -0.05) is 0 Å². The van der Waals surface area contributed by atoms with Gasteiger partial charge < -0.3 is 5.32 Å². The second kappa shape index (κ2) is 1.94. The maximum absolute atomic E-state index is 10.2. The van der Waals surface area contributed by atoms with Crippen molar-refractivity contribution in [2.75, 3.05) is 0 Å². The number of carbonyl (C=O) groups is 2. The van der Waals surface area contributed by atoms with Crippen molar-refractivity contribution >= 4 is 12.2 Å². The van der Waals surface area contributed by atoms with Gasteiger partial charge in [0.15, 0.2) is 0 Å². The van der Waals surface area contributed by atoms with E-state index in [-0.39, 0.29) is 0 Å². The number of hydrogen-bond donors (Lipinski definition) is 1. The van der Waals surface area contributed by atoms with Crippen LogP contribution in [0.4, 0.5) is 0 Å². The standard InChI is InChI=1S/C5H7NO2/c7-3-5(8)6-4-1-2-4/h3-4H,1-2H2,(H,6,8). The molecular formula is C5H7NO2. The fraction of sp³-hybridized carbons (Fsp3) is 0.600. The molecule has 1 saturated carbocycles. The average molecular weight is 113 g/mol. The molecule has 0 radical (unpaired) electrons. The highest BCUT2D eigenvalue weighted by Gasteiger charge is 2.22. The van der Waals surface area contributed by atoms with Crippen molar-refractivity contribution in [2.45, 2.75) is 18.9 Å². The van der Waals surface area contributed by atoms with Crippen molar-refractivity contribution < 1.29 is 9.59 Å². The molecule has 0 spiro atoms. The van der Waals surface area contributed by atoms with Crippen LogP contribution in [0, 0.1) is 0 Å². The Hall–Kier alpha value is -0.860. The first kappa shape index (κ1) is 5.28. The number of aldehydes is 1. The van der Waals surface area contributed by atoms with Gasteiger partial charge >= 0.3 is 0 Å². The van der Waals surface area contributed by atoms with Gasteiger partial charge in [0.2, 0.25) is 6.29 Å². The molecule has 44 valence electrons. The zero-order chi connectivity index (χ0) is 5.98. The first-order chi connectivity index (χ1) is 3.83. The summed E-state index contributed by atoms with van der Waals surface area (Å²) in [4.78, 5) is 19.8. The monoisotopic (exact) mass is 113 g/mol. The summed E-state index contributed by atoms with van der Waals surface area (Å²) in [6.45, 7) is 0. The van der Waals surface area contributed by atoms with Crippen molar-refractivity contribution in [3.05, 3.63) is 0 Å². The van der Waals surface area contributed by atoms with E-state index in [0.29, 0.717) is 12.3 Å². The maximum Gasteiger partial charge on any atom is 0.284 e. The van der Waals surface area contributed by atoms with Gasteiger partial charge in [-0.3, -0.25) is 9.59 Å². The van der Waals surface area contributed by atoms with Gasteiger partial charge in [-0.25, -0.2) is 0 Å². The number of hydrogen-bond acceptors (Lipinski definition) is 2. The molecule has 3 heteroatoms. The molecule has 0 aliphatic heterocycles. The highest BCUT2D eigenvalue weighted by Crippen LogP contribution is 2.17. The van der Waals surface area contributed by atoms with Crippen LogP contribution in [0.15, 0.2) is 0 Å². The quantitative estimate of drug-likeness (QED) is 0.386. The SMILES string of the molecule is O=CC(=O)NC1CC1. The Balaban J connectivity index is 2.16. The van der Waals surface area contributed by atoms with Crippen LogP contribution in [0.5, 0.6) is 0 Å². The van der Waals surface area contributed by atoms with E-state index >= 15 is 0 Å². The third-order valence-corrected chi connectivity index (χ3v) is 1.03. The van der Waals surface area contributed by atoms with Gasteiger partial charge in [0.05, 0.1) is 0 Å². The lowest BCUT2D eigenvalue weighted by molar-refractivity contribution is -0.131. The van der Waals surface area contributed by atoms with Crippen molar-refractivity contribution in [3.8, 4) is 0 Å². The molecule has 0 aromatic carbocycles.